The summed E-state index contributed by atoms with van der Waals surface area (Å²) in [6.45, 7) is 1.79. The van der Waals surface area contributed by atoms with E-state index in [4.69, 9.17) is 5.11 Å². The summed E-state index contributed by atoms with van der Waals surface area (Å²) >= 11 is 0. The molecule has 0 aliphatic rings. The van der Waals surface area contributed by atoms with Gasteiger partial charge >= 0.3 is 0 Å². The van der Waals surface area contributed by atoms with Crippen molar-refractivity contribution in [1.82, 2.24) is 5.43 Å². The molecule has 0 fully saturated rings. The fourth-order valence-electron chi connectivity index (χ4n) is 0.169. The fraction of sp³-hybridized carbons (Fsp3) is 1.00. The van der Waals surface area contributed by atoms with Crippen molar-refractivity contribution in [2.24, 2.45) is 5.29 Å². The van der Waals surface area contributed by atoms with Gasteiger partial charge in [-0.1, -0.05) is 0 Å². The zero-order valence-electron chi connectivity index (χ0n) is 4.09. The number of aliphatic hydroxyl groups excluding tert-OH is 1. The Morgan fingerprint density at radius 2 is 2.57 bits per heavy atom. The summed E-state index contributed by atoms with van der Waals surface area (Å²) in [5.41, 5.74) is 2.07. The summed E-state index contributed by atoms with van der Waals surface area (Å²) in [7, 11) is 0. The maximum Gasteiger partial charge on any atom is 0.0702 e. The Morgan fingerprint density at radius 1 is 2.00 bits per heavy atom. The molecule has 0 rings (SSSR count). The van der Waals surface area contributed by atoms with Gasteiger partial charge in [0.2, 0.25) is 0 Å². The number of rotatable bonds is 3. The summed E-state index contributed by atoms with van der Waals surface area (Å²) in [6, 6.07) is 0. The van der Waals surface area contributed by atoms with Crippen LogP contribution in [0.4, 0.5) is 0 Å². The van der Waals surface area contributed by atoms with Crippen LogP contribution in [0.3, 0.4) is 0 Å². The molecule has 1 atom stereocenters. The third kappa shape index (κ3) is 5.36. The summed E-state index contributed by atoms with van der Waals surface area (Å²) in [5, 5.41) is 10.7. The van der Waals surface area contributed by atoms with E-state index in [1.54, 1.807) is 6.92 Å². The highest BCUT2D eigenvalue weighted by molar-refractivity contribution is 4.45. The Morgan fingerprint density at radius 3 is 2.71 bits per heavy atom. The number of aliphatic hydroxyl groups is 1. The van der Waals surface area contributed by atoms with E-state index in [-0.39, 0.29) is 6.54 Å². The number of hydrogen-bond acceptors (Lipinski definition) is 3. The van der Waals surface area contributed by atoms with Crippen LogP contribution in [-0.4, -0.2) is 17.8 Å². The molecule has 0 radical (unpaired) electrons. The topological polar surface area (TPSA) is 61.7 Å². The van der Waals surface area contributed by atoms with Crippen LogP contribution >= 0.6 is 0 Å². The van der Waals surface area contributed by atoms with Gasteiger partial charge in [-0.3, -0.25) is 5.43 Å². The van der Waals surface area contributed by atoms with Crippen molar-refractivity contribution in [3.05, 3.63) is 4.91 Å². The first-order chi connectivity index (χ1) is 3.27. The van der Waals surface area contributed by atoms with Crippen LogP contribution in [0.25, 0.3) is 0 Å². The van der Waals surface area contributed by atoms with E-state index in [2.05, 4.69) is 10.7 Å². The molecule has 0 heterocycles. The lowest BCUT2D eigenvalue weighted by atomic mass is 10.4. The lowest BCUT2D eigenvalue weighted by molar-refractivity contribution is 0.192. The van der Waals surface area contributed by atoms with E-state index < -0.39 is 6.10 Å². The Bertz CT molecular complexity index is 54.9. The van der Waals surface area contributed by atoms with Crippen LogP contribution in [0.5, 0.6) is 0 Å². The van der Waals surface area contributed by atoms with E-state index in [1.807, 2.05) is 0 Å². The number of nitroso groups, excluding NO2 is 1. The van der Waals surface area contributed by atoms with Gasteiger partial charge in [0, 0.05) is 5.29 Å². The smallest absolute Gasteiger partial charge is 0.0702 e. The quantitative estimate of drug-likeness (QED) is 0.379. The molecule has 0 aromatic carbocycles. The zero-order valence-corrected chi connectivity index (χ0v) is 4.09. The van der Waals surface area contributed by atoms with Crippen molar-refractivity contribution in [3.63, 3.8) is 0 Å². The minimum Gasteiger partial charge on any atom is -0.392 e. The van der Waals surface area contributed by atoms with Crippen LogP contribution in [0.2, 0.25) is 0 Å². The number of nitrogens with zero attached hydrogens (tertiary/aromatic N) is 1. The molecule has 4 nitrogen and oxygen atoms in total. The molecule has 0 amide bonds. The van der Waals surface area contributed by atoms with Crippen molar-refractivity contribution in [3.8, 4) is 0 Å². The molecule has 7 heavy (non-hydrogen) atoms. The second-order valence-electron chi connectivity index (χ2n) is 1.30. The van der Waals surface area contributed by atoms with Gasteiger partial charge in [-0.2, -0.15) is 0 Å². The fourth-order valence-corrected chi connectivity index (χ4v) is 0.169. The van der Waals surface area contributed by atoms with Gasteiger partial charge < -0.3 is 5.11 Å². The van der Waals surface area contributed by atoms with Crippen molar-refractivity contribution < 1.29 is 5.11 Å². The van der Waals surface area contributed by atoms with E-state index in [0.717, 1.165) is 0 Å². The van der Waals surface area contributed by atoms with E-state index >= 15 is 0 Å². The van der Waals surface area contributed by atoms with E-state index in [1.165, 1.54) is 0 Å². The molecule has 0 saturated heterocycles. The summed E-state index contributed by atoms with van der Waals surface area (Å²) < 4.78 is 0. The highest BCUT2D eigenvalue weighted by atomic mass is 16.3. The largest absolute Gasteiger partial charge is 0.392 e. The van der Waals surface area contributed by atoms with Crippen molar-refractivity contribution in [1.29, 1.82) is 0 Å². The zero-order chi connectivity index (χ0) is 5.70. The molecule has 0 aromatic heterocycles. The van der Waals surface area contributed by atoms with Gasteiger partial charge in [-0.25, -0.2) is 0 Å². The SMILES string of the molecule is CC(O)CNN=O. The van der Waals surface area contributed by atoms with Gasteiger partial charge in [0.25, 0.3) is 0 Å². The molecule has 1 unspecified atom stereocenters. The van der Waals surface area contributed by atoms with E-state index in [9.17, 15) is 4.91 Å². The minimum absolute atomic E-state index is 0.226. The van der Waals surface area contributed by atoms with Crippen LogP contribution in [0, 0.1) is 4.91 Å². The van der Waals surface area contributed by atoms with Gasteiger partial charge in [0.05, 0.1) is 12.6 Å². The van der Waals surface area contributed by atoms with Crippen molar-refractivity contribution in [2.45, 2.75) is 13.0 Å². The third-order valence-electron chi connectivity index (χ3n) is 0.451. The monoisotopic (exact) mass is 104 g/mol. The molecule has 0 spiro atoms. The van der Waals surface area contributed by atoms with Gasteiger partial charge in [0.1, 0.15) is 0 Å². The average molecular weight is 104 g/mol. The molecule has 0 saturated carbocycles. The van der Waals surface area contributed by atoms with Gasteiger partial charge in [-0.05, 0) is 6.92 Å². The molecular formula is C3H8N2O2. The Kier molecular flexibility index (Phi) is 3.22. The molecular weight excluding hydrogens is 96.0 g/mol. The molecule has 0 bridgehead atoms. The second-order valence-corrected chi connectivity index (χ2v) is 1.30. The summed E-state index contributed by atoms with van der Waals surface area (Å²) in [4.78, 5) is 9.24. The lowest BCUT2D eigenvalue weighted by Gasteiger charge is -1.96. The number of nitrogens with one attached hydrogen (secondary N) is 1. The molecule has 2 N–H and O–H groups in total. The normalized spacial score (nSPS) is 12.9. The van der Waals surface area contributed by atoms with Crippen LogP contribution in [-0.2, 0) is 0 Å². The standard InChI is InChI=1S/C3H8N2O2/c1-3(6)2-4-5-7/h3,6H,2H2,1H3,(H,4,7). The third-order valence-corrected chi connectivity index (χ3v) is 0.451. The van der Waals surface area contributed by atoms with Crippen LogP contribution < -0.4 is 5.43 Å². The summed E-state index contributed by atoms with van der Waals surface area (Å²) in [5.74, 6) is 0. The highest BCUT2D eigenvalue weighted by Gasteiger charge is 1.89. The molecule has 4 heteroatoms. The Hall–Kier alpha value is -0.640. The maximum absolute atomic E-state index is 9.24. The number of hydrogen-bond donors (Lipinski definition) is 2. The average Bonchev–Trinajstić information content (AvgIpc) is 1.61. The molecule has 0 aliphatic heterocycles. The molecule has 0 aromatic rings. The molecule has 42 valence electrons. The highest BCUT2D eigenvalue weighted by Crippen LogP contribution is 1.71. The first kappa shape index (κ1) is 6.36. The predicted octanol–water partition coefficient (Wildman–Crippen LogP) is -0.362. The predicted molar refractivity (Wildman–Crippen MR) is 25.5 cm³/mol. The van der Waals surface area contributed by atoms with Crippen molar-refractivity contribution in [2.75, 3.05) is 6.54 Å². The Labute approximate surface area is 41.5 Å². The van der Waals surface area contributed by atoms with Gasteiger partial charge in [0.15, 0.2) is 0 Å². The minimum atomic E-state index is -0.502. The first-order valence-corrected chi connectivity index (χ1v) is 2.00. The van der Waals surface area contributed by atoms with Crippen LogP contribution in [0.15, 0.2) is 5.29 Å². The maximum atomic E-state index is 9.24. The first-order valence-electron chi connectivity index (χ1n) is 2.00. The molecule has 0 aliphatic carbocycles. The summed E-state index contributed by atoms with van der Waals surface area (Å²) in [6.07, 6.45) is -0.502. The second kappa shape index (κ2) is 3.55. The van der Waals surface area contributed by atoms with Gasteiger partial charge in [-0.15, -0.1) is 4.91 Å². The van der Waals surface area contributed by atoms with Crippen LogP contribution in [0.1, 0.15) is 6.92 Å². The van der Waals surface area contributed by atoms with Crippen molar-refractivity contribution >= 4 is 0 Å². The Balaban J connectivity index is 2.81. The lowest BCUT2D eigenvalue weighted by Crippen LogP contribution is -2.18. The van der Waals surface area contributed by atoms with E-state index in [0.29, 0.717) is 0 Å².